The van der Waals surface area contributed by atoms with Crippen molar-refractivity contribution in [1.29, 1.82) is 0 Å². The number of phenolic OH excluding ortho intramolecular Hbond substituents is 1. The Labute approximate surface area is 127 Å². The number of nitrogens with one attached hydrogen (secondary N) is 1. The third kappa shape index (κ3) is 3.55. The second-order valence-corrected chi connectivity index (χ2v) is 5.00. The molecule has 0 unspecified atom stereocenters. The maximum atomic E-state index is 12.1. The molecule has 0 atom stereocenters. The van der Waals surface area contributed by atoms with E-state index >= 15 is 0 Å². The predicted molar refractivity (Wildman–Crippen MR) is 76.1 cm³/mol. The molecule has 1 heterocycles. The number of carbonyl (C=O) groups is 2. The van der Waals surface area contributed by atoms with Crippen LogP contribution in [-0.4, -0.2) is 26.9 Å². The van der Waals surface area contributed by atoms with Crippen molar-refractivity contribution in [2.24, 2.45) is 0 Å². The van der Waals surface area contributed by atoms with Gasteiger partial charge in [-0.15, -0.1) is 0 Å². The van der Waals surface area contributed by atoms with Gasteiger partial charge in [-0.25, -0.2) is 4.98 Å². The normalized spacial score (nSPS) is 10.0. The van der Waals surface area contributed by atoms with Crippen LogP contribution in [-0.2, 0) is 4.79 Å². The summed E-state index contributed by atoms with van der Waals surface area (Å²) < 4.78 is 4.84. The molecular formula is C12H9N3O6S. The van der Waals surface area contributed by atoms with E-state index in [2.05, 4.69) is 10.3 Å². The van der Waals surface area contributed by atoms with Gasteiger partial charge in [-0.3, -0.25) is 25.0 Å². The summed E-state index contributed by atoms with van der Waals surface area (Å²) in [4.78, 5) is 36.8. The van der Waals surface area contributed by atoms with Gasteiger partial charge >= 0.3 is 11.0 Å². The highest BCUT2D eigenvalue weighted by Crippen LogP contribution is 2.28. The lowest BCUT2D eigenvalue weighted by Crippen LogP contribution is -2.14. The van der Waals surface area contributed by atoms with Crippen molar-refractivity contribution in [2.75, 3.05) is 5.32 Å². The smallest absolute Gasteiger partial charge is 0.345 e. The second-order valence-electron chi connectivity index (χ2n) is 3.99. The van der Waals surface area contributed by atoms with Crippen LogP contribution in [0.3, 0.4) is 0 Å². The number of thiazole rings is 1. The Bertz CT molecular complexity index is 757. The fourth-order valence-corrected chi connectivity index (χ4v) is 2.14. The number of amides is 1. The molecule has 1 aromatic carbocycles. The lowest BCUT2D eigenvalue weighted by atomic mass is 10.2. The van der Waals surface area contributed by atoms with Crippen LogP contribution in [0, 0.1) is 10.1 Å². The maximum absolute atomic E-state index is 12.1. The minimum absolute atomic E-state index is 0.0224. The van der Waals surface area contributed by atoms with Gasteiger partial charge in [0, 0.05) is 13.0 Å². The number of hydrogen-bond acceptors (Lipinski definition) is 8. The lowest BCUT2D eigenvalue weighted by molar-refractivity contribution is -0.380. The molecule has 0 radical (unpaired) electrons. The van der Waals surface area contributed by atoms with Crippen molar-refractivity contribution < 1.29 is 24.4 Å². The molecule has 0 saturated heterocycles. The summed E-state index contributed by atoms with van der Waals surface area (Å²) in [6.07, 6.45) is 1.02. The molecule has 2 aromatic rings. The summed E-state index contributed by atoms with van der Waals surface area (Å²) in [5, 5.41) is 22.1. The zero-order valence-corrected chi connectivity index (χ0v) is 11.9. The minimum Gasteiger partial charge on any atom is -0.508 e. The number of benzene rings is 1. The number of rotatable bonds is 4. The third-order valence-electron chi connectivity index (χ3n) is 2.36. The number of phenols is 1. The van der Waals surface area contributed by atoms with Crippen LogP contribution in [0.2, 0.25) is 0 Å². The summed E-state index contributed by atoms with van der Waals surface area (Å²) in [6, 6.07) is 3.61. The molecular weight excluding hydrogens is 314 g/mol. The summed E-state index contributed by atoms with van der Waals surface area (Å²) in [7, 11) is 0. The Morgan fingerprint density at radius 2 is 2.18 bits per heavy atom. The molecule has 1 aromatic heterocycles. The highest BCUT2D eigenvalue weighted by atomic mass is 32.1. The number of nitrogens with zero attached hydrogens (tertiary/aromatic N) is 2. The van der Waals surface area contributed by atoms with Gasteiger partial charge in [0.2, 0.25) is 0 Å². The first-order valence-electron chi connectivity index (χ1n) is 5.80. The van der Waals surface area contributed by atoms with Gasteiger partial charge < -0.3 is 9.84 Å². The highest BCUT2D eigenvalue weighted by molar-refractivity contribution is 7.18. The van der Waals surface area contributed by atoms with Gasteiger partial charge in [0.25, 0.3) is 5.91 Å². The number of nitro groups is 1. The molecule has 2 rings (SSSR count). The van der Waals surface area contributed by atoms with Gasteiger partial charge in [0.05, 0.1) is 10.5 Å². The Hall–Kier alpha value is -3.01. The van der Waals surface area contributed by atoms with Crippen LogP contribution in [0.1, 0.15) is 17.3 Å². The van der Waals surface area contributed by atoms with Crippen LogP contribution in [0.25, 0.3) is 0 Å². The third-order valence-corrected chi connectivity index (χ3v) is 3.22. The number of anilines is 1. The maximum Gasteiger partial charge on any atom is 0.345 e. The fourth-order valence-electron chi connectivity index (χ4n) is 1.51. The van der Waals surface area contributed by atoms with Crippen molar-refractivity contribution in [1.82, 2.24) is 4.98 Å². The van der Waals surface area contributed by atoms with Gasteiger partial charge in [0.1, 0.15) is 17.7 Å². The second kappa shape index (κ2) is 6.18. The standard InChI is InChI=1S/C12H9N3O6S/c1-6(16)21-9-4-7(17)2-3-8(9)11(18)14-12-13-5-10(22-12)15(19)20/h2-5,17H,1H3,(H,13,14,18). The monoisotopic (exact) mass is 323 g/mol. The zero-order chi connectivity index (χ0) is 16.3. The summed E-state index contributed by atoms with van der Waals surface area (Å²) in [5.41, 5.74) is -0.0224. The Balaban J connectivity index is 2.24. The topological polar surface area (TPSA) is 132 Å². The molecule has 0 saturated carbocycles. The highest BCUT2D eigenvalue weighted by Gasteiger charge is 2.18. The van der Waals surface area contributed by atoms with E-state index in [1.807, 2.05) is 0 Å². The van der Waals surface area contributed by atoms with Crippen molar-refractivity contribution in [3.63, 3.8) is 0 Å². The number of aromatic hydroxyl groups is 1. The molecule has 0 spiro atoms. The van der Waals surface area contributed by atoms with Crippen LogP contribution < -0.4 is 10.1 Å². The van der Waals surface area contributed by atoms with E-state index in [4.69, 9.17) is 4.74 Å². The lowest BCUT2D eigenvalue weighted by Gasteiger charge is -2.08. The molecule has 9 nitrogen and oxygen atoms in total. The molecule has 0 aliphatic rings. The van der Waals surface area contributed by atoms with Crippen LogP contribution >= 0.6 is 11.3 Å². The van der Waals surface area contributed by atoms with Crippen molar-refractivity contribution in [2.45, 2.75) is 6.92 Å². The first kappa shape index (κ1) is 15.4. The molecule has 0 aliphatic heterocycles. The van der Waals surface area contributed by atoms with E-state index < -0.39 is 16.8 Å². The summed E-state index contributed by atoms with van der Waals surface area (Å²) in [5.74, 6) is -1.65. The van der Waals surface area contributed by atoms with Gasteiger partial charge in [-0.2, -0.15) is 0 Å². The molecule has 1 amide bonds. The van der Waals surface area contributed by atoms with E-state index in [9.17, 15) is 24.8 Å². The van der Waals surface area contributed by atoms with E-state index in [0.29, 0.717) is 11.3 Å². The minimum atomic E-state index is -0.680. The fraction of sp³-hybridized carbons (Fsp3) is 0.0833. The number of hydrogen-bond donors (Lipinski definition) is 2. The first-order chi connectivity index (χ1) is 10.4. The molecule has 10 heteroatoms. The van der Waals surface area contributed by atoms with Crippen LogP contribution in [0.15, 0.2) is 24.4 Å². The van der Waals surface area contributed by atoms with Gasteiger partial charge in [-0.1, -0.05) is 0 Å². The average molecular weight is 323 g/mol. The quantitative estimate of drug-likeness (QED) is 0.380. The SMILES string of the molecule is CC(=O)Oc1cc(O)ccc1C(=O)Nc1ncc([N+](=O)[O-])s1. The van der Waals surface area contributed by atoms with Crippen molar-refractivity contribution in [3.8, 4) is 11.5 Å². The molecule has 0 fully saturated rings. The predicted octanol–water partition coefficient (Wildman–Crippen LogP) is 1.93. The Kier molecular flexibility index (Phi) is 4.32. The van der Waals surface area contributed by atoms with Crippen molar-refractivity contribution >= 4 is 33.3 Å². The molecule has 22 heavy (non-hydrogen) atoms. The van der Waals surface area contributed by atoms with E-state index in [1.54, 1.807) is 0 Å². The largest absolute Gasteiger partial charge is 0.508 e. The summed E-state index contributed by atoms with van der Waals surface area (Å²) >= 11 is 0.688. The number of aromatic nitrogens is 1. The summed E-state index contributed by atoms with van der Waals surface area (Å²) in [6.45, 7) is 1.15. The molecule has 0 bridgehead atoms. The van der Waals surface area contributed by atoms with Crippen LogP contribution in [0.5, 0.6) is 11.5 Å². The van der Waals surface area contributed by atoms with Gasteiger partial charge in [0.15, 0.2) is 5.13 Å². The van der Waals surface area contributed by atoms with E-state index in [1.165, 1.54) is 12.1 Å². The number of ether oxygens (including phenoxy) is 1. The number of esters is 1. The zero-order valence-electron chi connectivity index (χ0n) is 11.1. The molecule has 2 N–H and O–H groups in total. The van der Waals surface area contributed by atoms with Crippen molar-refractivity contribution in [3.05, 3.63) is 40.1 Å². The average Bonchev–Trinajstić information content (AvgIpc) is 2.86. The van der Waals surface area contributed by atoms with E-state index in [0.717, 1.165) is 19.2 Å². The molecule has 0 aliphatic carbocycles. The first-order valence-corrected chi connectivity index (χ1v) is 6.61. The number of carbonyl (C=O) groups excluding carboxylic acids is 2. The Morgan fingerprint density at radius 3 is 2.77 bits per heavy atom. The van der Waals surface area contributed by atoms with E-state index in [-0.39, 0.29) is 27.2 Å². The Morgan fingerprint density at radius 1 is 1.45 bits per heavy atom. The van der Waals surface area contributed by atoms with Gasteiger partial charge in [-0.05, 0) is 23.5 Å². The van der Waals surface area contributed by atoms with Crippen LogP contribution in [0.4, 0.5) is 10.1 Å². The molecule has 114 valence electrons.